The predicted molar refractivity (Wildman–Crippen MR) is 104 cm³/mol. The molecule has 0 aromatic carbocycles. The van der Waals surface area contributed by atoms with Crippen LogP contribution in [0.25, 0.3) is 0 Å². The Bertz CT molecular complexity index is 259. The Morgan fingerprint density at radius 2 is 1.00 bits per heavy atom. The summed E-state index contributed by atoms with van der Waals surface area (Å²) in [4.78, 5) is 11.6. The van der Waals surface area contributed by atoms with Gasteiger partial charge in [0.05, 0.1) is 5.92 Å². The van der Waals surface area contributed by atoms with Gasteiger partial charge in [-0.05, 0) is 25.2 Å². The molecule has 0 saturated heterocycles. The van der Waals surface area contributed by atoms with Gasteiger partial charge in [0.2, 0.25) is 0 Å². The van der Waals surface area contributed by atoms with E-state index in [1.54, 1.807) is 0 Å². The molecule has 0 heterocycles. The number of unbranched alkanes of at least 4 members (excludes halogenated alkanes) is 10. The van der Waals surface area contributed by atoms with Gasteiger partial charge in [0, 0.05) is 0 Å². The highest BCUT2D eigenvalue weighted by Crippen LogP contribution is 2.29. The van der Waals surface area contributed by atoms with E-state index in [2.05, 4.69) is 20.8 Å². The van der Waals surface area contributed by atoms with Crippen LogP contribution in [-0.2, 0) is 9.90 Å². The van der Waals surface area contributed by atoms with Crippen LogP contribution >= 0.6 is 0 Å². The van der Waals surface area contributed by atoms with Crippen LogP contribution in [0.3, 0.4) is 0 Å². The van der Waals surface area contributed by atoms with Gasteiger partial charge in [0.15, 0.2) is 0 Å². The molecule has 0 amide bonds. The summed E-state index contributed by atoms with van der Waals surface area (Å²) < 4.78 is 0. The third-order valence-electron chi connectivity index (χ3n) is 5.33. The molecule has 143 valence electrons. The summed E-state index contributed by atoms with van der Waals surface area (Å²) in [7, 11) is 0. The highest BCUT2D eigenvalue weighted by molar-refractivity contribution is 5.69. The van der Waals surface area contributed by atoms with Crippen molar-refractivity contribution in [3.8, 4) is 0 Å². The Morgan fingerprint density at radius 1 is 0.583 bits per heavy atom. The van der Waals surface area contributed by atoms with Crippen LogP contribution in [-0.4, -0.2) is 5.97 Å². The molecule has 1 radical (unpaired) electrons. The van der Waals surface area contributed by atoms with Crippen LogP contribution in [0.15, 0.2) is 0 Å². The van der Waals surface area contributed by atoms with Gasteiger partial charge in [-0.25, -0.2) is 9.90 Å². The minimum absolute atomic E-state index is 0.221. The monoisotopic (exact) mass is 339 g/mol. The fraction of sp³-hybridized carbons (Fsp3) is 0.955. The maximum atomic E-state index is 11.6. The van der Waals surface area contributed by atoms with Gasteiger partial charge in [-0.3, -0.25) is 0 Å². The summed E-state index contributed by atoms with van der Waals surface area (Å²) >= 11 is 0. The van der Waals surface area contributed by atoms with E-state index in [9.17, 15) is 9.90 Å². The van der Waals surface area contributed by atoms with E-state index in [1.807, 2.05) is 0 Å². The normalized spacial score (nSPS) is 12.7. The molecule has 2 heteroatoms. The summed E-state index contributed by atoms with van der Waals surface area (Å²) in [6.07, 6.45) is 19.3. The fourth-order valence-corrected chi connectivity index (χ4v) is 3.78. The van der Waals surface area contributed by atoms with Crippen molar-refractivity contribution in [2.24, 2.45) is 11.8 Å². The van der Waals surface area contributed by atoms with E-state index < -0.39 is 5.97 Å². The minimum atomic E-state index is -0.807. The first kappa shape index (κ1) is 23.5. The summed E-state index contributed by atoms with van der Waals surface area (Å²) in [5, 5.41) is 11.6. The largest absolute Gasteiger partial charge is 0.358 e. The van der Waals surface area contributed by atoms with Gasteiger partial charge in [-0.1, -0.05) is 104 Å². The second-order valence-corrected chi connectivity index (χ2v) is 7.59. The molecule has 0 aliphatic carbocycles. The van der Waals surface area contributed by atoms with Crippen LogP contribution < -0.4 is 0 Å². The number of hydrogen-bond acceptors (Lipinski definition) is 1. The second kappa shape index (κ2) is 17.3. The van der Waals surface area contributed by atoms with E-state index in [1.165, 1.54) is 77.0 Å². The number of carbonyl (C=O) groups excluding carboxylic acids is 1. The number of carbonyl (C=O) groups is 1. The molecule has 0 aromatic rings. The topological polar surface area (TPSA) is 37.0 Å². The molecule has 1 atom stereocenters. The van der Waals surface area contributed by atoms with Gasteiger partial charge in [-0.2, -0.15) is 0 Å². The lowest BCUT2D eigenvalue weighted by atomic mass is 9.81. The molecule has 24 heavy (non-hydrogen) atoms. The van der Waals surface area contributed by atoms with Gasteiger partial charge >= 0.3 is 5.97 Å². The summed E-state index contributed by atoms with van der Waals surface area (Å²) in [6.45, 7) is 6.57. The Labute approximate surface area is 151 Å². The van der Waals surface area contributed by atoms with Gasteiger partial charge in [0.1, 0.15) is 0 Å². The first-order chi connectivity index (χ1) is 11.7. The highest BCUT2D eigenvalue weighted by atomic mass is 16.4. The molecule has 0 rings (SSSR count). The first-order valence-corrected chi connectivity index (χ1v) is 10.9. The Hall–Kier alpha value is -0.530. The van der Waals surface area contributed by atoms with Crippen LogP contribution in [0.4, 0.5) is 0 Å². The molecular weight excluding hydrogens is 296 g/mol. The van der Waals surface area contributed by atoms with E-state index in [0.717, 1.165) is 25.7 Å². The zero-order valence-electron chi connectivity index (χ0n) is 16.8. The van der Waals surface area contributed by atoms with Crippen LogP contribution in [0.2, 0.25) is 0 Å². The van der Waals surface area contributed by atoms with E-state index in [-0.39, 0.29) is 5.92 Å². The second-order valence-electron chi connectivity index (χ2n) is 7.59. The molecule has 0 aliphatic heterocycles. The van der Waals surface area contributed by atoms with Crippen molar-refractivity contribution in [1.82, 2.24) is 0 Å². The van der Waals surface area contributed by atoms with E-state index in [4.69, 9.17) is 0 Å². The molecule has 1 unspecified atom stereocenters. The summed E-state index contributed by atoms with van der Waals surface area (Å²) in [5.41, 5.74) is 0. The lowest BCUT2D eigenvalue weighted by Crippen LogP contribution is -2.23. The van der Waals surface area contributed by atoms with Gasteiger partial charge in [-0.15, -0.1) is 0 Å². The Kier molecular flexibility index (Phi) is 16.9. The number of rotatable bonds is 18. The average molecular weight is 340 g/mol. The highest BCUT2D eigenvalue weighted by Gasteiger charge is 2.27. The smallest absolute Gasteiger partial charge is 0.247 e. The van der Waals surface area contributed by atoms with Crippen molar-refractivity contribution in [1.29, 1.82) is 0 Å². The number of hydrogen-bond donors (Lipinski definition) is 0. The van der Waals surface area contributed by atoms with Crippen molar-refractivity contribution in [3.63, 3.8) is 0 Å². The average Bonchev–Trinajstić information content (AvgIpc) is 2.57. The van der Waals surface area contributed by atoms with E-state index >= 15 is 0 Å². The minimum Gasteiger partial charge on any atom is -0.247 e. The van der Waals surface area contributed by atoms with Crippen molar-refractivity contribution in [2.75, 3.05) is 0 Å². The van der Waals surface area contributed by atoms with Crippen LogP contribution in [0, 0.1) is 11.8 Å². The van der Waals surface area contributed by atoms with Crippen molar-refractivity contribution >= 4 is 5.97 Å². The zero-order chi connectivity index (χ0) is 18.0. The maximum absolute atomic E-state index is 11.6. The molecule has 0 N–H and O–H groups in total. The molecule has 0 aromatic heterocycles. The summed E-state index contributed by atoms with van der Waals surface area (Å²) in [5.74, 6) is -0.688. The Balaban J connectivity index is 4.19. The van der Waals surface area contributed by atoms with Crippen LogP contribution in [0.1, 0.15) is 124 Å². The van der Waals surface area contributed by atoms with Crippen molar-refractivity contribution in [2.45, 2.75) is 124 Å². The standard InChI is InChI=1S/C22H43O2/c1-4-7-9-11-13-15-18-20(21(17-6-3)22(23)24)19-16-14-12-10-8-5-2/h20-21H,4-19H2,1-3H3. The predicted octanol–water partition coefficient (Wildman–Crippen LogP) is 7.48. The van der Waals surface area contributed by atoms with Gasteiger partial charge < -0.3 is 0 Å². The molecule has 0 bridgehead atoms. The molecule has 0 saturated carbocycles. The lowest BCUT2D eigenvalue weighted by Gasteiger charge is -2.23. The SMILES string of the molecule is CCCCCCCCC(CCCCCCCC)C(CCC)C([O])=O. The fourth-order valence-electron chi connectivity index (χ4n) is 3.78. The zero-order valence-corrected chi connectivity index (χ0v) is 16.8. The summed E-state index contributed by atoms with van der Waals surface area (Å²) in [6, 6.07) is 0. The van der Waals surface area contributed by atoms with Crippen molar-refractivity contribution in [3.05, 3.63) is 0 Å². The first-order valence-electron chi connectivity index (χ1n) is 10.9. The van der Waals surface area contributed by atoms with Crippen LogP contribution in [0.5, 0.6) is 0 Å². The molecule has 2 nitrogen and oxygen atoms in total. The third-order valence-corrected chi connectivity index (χ3v) is 5.33. The quantitative estimate of drug-likeness (QED) is 0.238. The molecule has 0 aliphatic rings. The maximum Gasteiger partial charge on any atom is 0.358 e. The molecule has 0 spiro atoms. The van der Waals surface area contributed by atoms with E-state index in [0.29, 0.717) is 5.92 Å². The third kappa shape index (κ3) is 12.8. The molecular formula is C22H43O2. The Morgan fingerprint density at radius 3 is 1.38 bits per heavy atom. The lowest BCUT2D eigenvalue weighted by molar-refractivity contribution is -0.150. The van der Waals surface area contributed by atoms with Crippen molar-refractivity contribution < 1.29 is 9.90 Å². The molecule has 0 fully saturated rings. The van der Waals surface area contributed by atoms with Gasteiger partial charge in [0.25, 0.3) is 0 Å².